The third-order valence-corrected chi connectivity index (χ3v) is 6.81. The summed E-state index contributed by atoms with van der Waals surface area (Å²) in [6.45, 7) is 4.58. The zero-order valence-corrected chi connectivity index (χ0v) is 18.9. The number of aromatic nitrogens is 1. The molecule has 2 heterocycles. The van der Waals surface area contributed by atoms with Crippen LogP contribution in [0.5, 0.6) is 0 Å². The van der Waals surface area contributed by atoms with Crippen LogP contribution in [0, 0.1) is 5.82 Å². The van der Waals surface area contributed by atoms with Gasteiger partial charge in [-0.15, -0.1) is 11.8 Å². The van der Waals surface area contributed by atoms with E-state index < -0.39 is 0 Å². The fraction of sp³-hybridized carbons (Fsp3) is 0.280. The van der Waals surface area contributed by atoms with Crippen molar-refractivity contribution < 1.29 is 14.0 Å². The average Bonchev–Trinajstić information content (AvgIpc) is 3.41. The Balaban J connectivity index is 1.53. The van der Waals surface area contributed by atoms with Crippen LogP contribution in [-0.4, -0.2) is 22.1 Å². The van der Waals surface area contributed by atoms with Crippen LogP contribution >= 0.6 is 11.8 Å². The van der Waals surface area contributed by atoms with Gasteiger partial charge in [-0.05, 0) is 42.7 Å². The molecule has 0 unspecified atom stereocenters. The first kappa shape index (κ1) is 22.1. The molecule has 0 spiro atoms. The fourth-order valence-corrected chi connectivity index (χ4v) is 5.06. The lowest BCUT2D eigenvalue weighted by atomic mass is 10.0. The van der Waals surface area contributed by atoms with E-state index in [4.69, 9.17) is 0 Å². The summed E-state index contributed by atoms with van der Waals surface area (Å²) in [6, 6.07) is 17.2. The number of hydrogen-bond donors (Lipinski definition) is 2. The van der Waals surface area contributed by atoms with Crippen LogP contribution in [0.15, 0.2) is 65.7 Å². The maximum atomic E-state index is 13.2. The Morgan fingerprint density at radius 3 is 2.44 bits per heavy atom. The molecule has 1 aromatic heterocycles. The highest BCUT2D eigenvalue weighted by molar-refractivity contribution is 7.99. The summed E-state index contributed by atoms with van der Waals surface area (Å²) in [6.07, 6.45) is 0.764. The van der Waals surface area contributed by atoms with Crippen LogP contribution < -0.4 is 10.6 Å². The highest BCUT2D eigenvalue weighted by atomic mass is 32.2. The molecule has 0 saturated heterocycles. The third kappa shape index (κ3) is 4.58. The van der Waals surface area contributed by atoms with Gasteiger partial charge in [-0.2, -0.15) is 0 Å². The lowest BCUT2D eigenvalue weighted by molar-refractivity contribution is 0.0922. The number of halogens is 1. The largest absolute Gasteiger partial charge is 0.345 e. The molecule has 2 atom stereocenters. The Labute approximate surface area is 191 Å². The van der Waals surface area contributed by atoms with E-state index in [-0.39, 0.29) is 29.7 Å². The Morgan fingerprint density at radius 2 is 1.75 bits per heavy atom. The molecule has 2 N–H and O–H groups in total. The van der Waals surface area contributed by atoms with E-state index >= 15 is 0 Å². The molecule has 3 aromatic rings. The molecule has 0 fully saturated rings. The Bertz CT molecular complexity index is 1110. The molecule has 0 saturated carbocycles. The number of hydrogen-bond acceptors (Lipinski definition) is 3. The molecule has 0 radical (unpaired) electrons. The monoisotopic (exact) mass is 451 g/mol. The number of thioether (sulfide) groups is 1. The predicted octanol–water partition coefficient (Wildman–Crippen LogP) is 5.11. The van der Waals surface area contributed by atoms with Gasteiger partial charge in [-0.25, -0.2) is 4.39 Å². The lowest BCUT2D eigenvalue weighted by Crippen LogP contribution is -2.30. The molecule has 1 aliphatic rings. The summed E-state index contributed by atoms with van der Waals surface area (Å²) < 4.78 is 15.1. The van der Waals surface area contributed by atoms with E-state index in [9.17, 15) is 14.0 Å². The van der Waals surface area contributed by atoms with Gasteiger partial charge in [0.05, 0.1) is 22.7 Å². The van der Waals surface area contributed by atoms with Crippen LogP contribution in [0.25, 0.3) is 0 Å². The highest BCUT2D eigenvalue weighted by Gasteiger charge is 2.29. The Kier molecular flexibility index (Phi) is 6.65. The van der Waals surface area contributed by atoms with Crippen LogP contribution in [-0.2, 0) is 6.54 Å². The zero-order valence-electron chi connectivity index (χ0n) is 18.1. The number of amides is 2. The summed E-state index contributed by atoms with van der Waals surface area (Å²) in [7, 11) is 0. The number of benzene rings is 2. The number of nitrogens with zero attached hydrogens (tertiary/aromatic N) is 1. The minimum absolute atomic E-state index is 0.0975. The second kappa shape index (κ2) is 9.61. The third-order valence-electron chi connectivity index (χ3n) is 5.71. The highest BCUT2D eigenvalue weighted by Crippen LogP contribution is 2.33. The normalized spacial score (nSPS) is 14.5. The lowest BCUT2D eigenvalue weighted by Gasteiger charge is -2.17. The average molecular weight is 452 g/mol. The maximum absolute atomic E-state index is 13.2. The summed E-state index contributed by atoms with van der Waals surface area (Å²) in [5.74, 6) is 0.0785. The molecule has 5 nitrogen and oxygen atoms in total. The van der Waals surface area contributed by atoms with E-state index in [2.05, 4.69) is 10.6 Å². The SMILES string of the molecule is CC[C@@H](NC(=O)c1cc(C(=O)N[C@H](C)c2ccc(F)cc2)c2n1CCS2)c1ccccc1. The van der Waals surface area contributed by atoms with Crippen molar-refractivity contribution in [3.8, 4) is 0 Å². The van der Waals surface area contributed by atoms with Crippen molar-refractivity contribution in [3.63, 3.8) is 0 Å². The second-order valence-electron chi connectivity index (χ2n) is 7.84. The van der Waals surface area contributed by atoms with Crippen molar-refractivity contribution in [2.75, 3.05) is 5.75 Å². The zero-order chi connectivity index (χ0) is 22.7. The van der Waals surface area contributed by atoms with E-state index in [0.29, 0.717) is 17.8 Å². The Hall–Kier alpha value is -3.06. The van der Waals surface area contributed by atoms with Crippen molar-refractivity contribution in [2.24, 2.45) is 0 Å². The van der Waals surface area contributed by atoms with Crippen molar-refractivity contribution in [1.82, 2.24) is 15.2 Å². The first-order valence-electron chi connectivity index (χ1n) is 10.8. The predicted molar refractivity (Wildman–Crippen MR) is 124 cm³/mol. The summed E-state index contributed by atoms with van der Waals surface area (Å²) >= 11 is 1.58. The molecule has 1 aliphatic heterocycles. The first-order chi connectivity index (χ1) is 15.5. The minimum Gasteiger partial charge on any atom is -0.345 e. The van der Waals surface area contributed by atoms with Gasteiger partial charge in [0.1, 0.15) is 11.5 Å². The summed E-state index contributed by atoms with van der Waals surface area (Å²) in [4.78, 5) is 26.2. The second-order valence-corrected chi connectivity index (χ2v) is 8.92. The molecular formula is C25H26FN3O2S. The molecule has 2 amide bonds. The number of carbonyl (C=O) groups is 2. The van der Waals surface area contributed by atoms with Gasteiger partial charge in [0.15, 0.2) is 0 Å². The summed E-state index contributed by atoms with van der Waals surface area (Å²) in [5, 5.41) is 6.90. The quantitative estimate of drug-likeness (QED) is 0.525. The smallest absolute Gasteiger partial charge is 0.268 e. The van der Waals surface area contributed by atoms with E-state index in [0.717, 1.165) is 28.3 Å². The van der Waals surface area contributed by atoms with Gasteiger partial charge in [-0.1, -0.05) is 49.4 Å². The van der Waals surface area contributed by atoms with E-state index in [1.807, 2.05) is 48.7 Å². The van der Waals surface area contributed by atoms with Gasteiger partial charge in [0.25, 0.3) is 11.8 Å². The number of fused-ring (bicyclic) bond motifs is 1. The van der Waals surface area contributed by atoms with Gasteiger partial charge in [-0.3, -0.25) is 9.59 Å². The number of rotatable bonds is 7. The van der Waals surface area contributed by atoms with Gasteiger partial charge in [0, 0.05) is 12.3 Å². The molecule has 7 heteroatoms. The van der Waals surface area contributed by atoms with Crippen LogP contribution in [0.4, 0.5) is 4.39 Å². The van der Waals surface area contributed by atoms with Gasteiger partial charge >= 0.3 is 0 Å². The molecule has 4 rings (SSSR count). The van der Waals surface area contributed by atoms with Crippen molar-refractivity contribution >= 4 is 23.6 Å². The van der Waals surface area contributed by atoms with E-state index in [1.165, 1.54) is 12.1 Å². The molecule has 2 aromatic carbocycles. The van der Waals surface area contributed by atoms with Crippen molar-refractivity contribution in [2.45, 2.75) is 43.9 Å². The van der Waals surface area contributed by atoms with Crippen molar-refractivity contribution in [1.29, 1.82) is 0 Å². The molecule has 0 bridgehead atoms. The van der Waals surface area contributed by atoms with Crippen LogP contribution in [0.3, 0.4) is 0 Å². The number of nitrogens with one attached hydrogen (secondary N) is 2. The molecular weight excluding hydrogens is 425 g/mol. The van der Waals surface area contributed by atoms with Crippen molar-refractivity contribution in [3.05, 3.63) is 88.9 Å². The van der Waals surface area contributed by atoms with E-state index in [1.54, 1.807) is 30.0 Å². The molecule has 0 aliphatic carbocycles. The van der Waals surface area contributed by atoms with Crippen LogP contribution in [0.2, 0.25) is 0 Å². The number of carbonyl (C=O) groups excluding carboxylic acids is 2. The fourth-order valence-electron chi connectivity index (χ4n) is 3.94. The molecule has 166 valence electrons. The summed E-state index contributed by atoms with van der Waals surface area (Å²) in [5.41, 5.74) is 2.87. The van der Waals surface area contributed by atoms with Gasteiger partial charge < -0.3 is 15.2 Å². The van der Waals surface area contributed by atoms with Crippen LogP contribution in [0.1, 0.15) is 64.3 Å². The topological polar surface area (TPSA) is 63.1 Å². The Morgan fingerprint density at radius 1 is 1.03 bits per heavy atom. The first-order valence-corrected chi connectivity index (χ1v) is 11.7. The maximum Gasteiger partial charge on any atom is 0.268 e. The molecule has 32 heavy (non-hydrogen) atoms. The minimum atomic E-state index is -0.314. The van der Waals surface area contributed by atoms with Gasteiger partial charge in [0.2, 0.25) is 0 Å². The standard InChI is InChI=1S/C25H26FN3O2S/c1-3-21(18-7-5-4-6-8-18)28-24(31)22-15-20(25-29(22)13-14-32-25)23(30)27-16(2)17-9-11-19(26)12-10-17/h4-12,15-16,21H,3,13-14H2,1-2H3,(H,27,30)(H,28,31)/t16-,21-/m1/s1.